The number of fused-ring (bicyclic) bond motifs is 12. The minimum atomic E-state index is 0.718. The van der Waals surface area contributed by atoms with Crippen molar-refractivity contribution >= 4 is 76.2 Å². The monoisotopic (exact) mass is 710 g/mol. The van der Waals surface area contributed by atoms with Crippen LogP contribution >= 0.6 is 0 Å². The average Bonchev–Trinajstić information content (AvgIpc) is 4.00. The van der Waals surface area contributed by atoms with Crippen molar-refractivity contribution in [2.24, 2.45) is 0 Å². The Hall–Kier alpha value is -7.56. The second-order valence-corrected chi connectivity index (χ2v) is 15.0. The minimum Gasteiger partial charge on any atom is -0.308 e. The molecule has 0 fully saturated rings. The first-order chi connectivity index (χ1) is 27.8. The Kier molecular flexibility index (Phi) is 5.86. The van der Waals surface area contributed by atoms with Crippen molar-refractivity contribution in [2.45, 2.75) is 0 Å². The molecule has 0 N–H and O–H groups in total. The van der Waals surface area contributed by atoms with Crippen molar-refractivity contribution in [3.05, 3.63) is 182 Å². The first kappa shape index (κ1) is 29.8. The molecule has 0 unspecified atom stereocenters. The number of benzene rings is 8. The summed E-state index contributed by atoms with van der Waals surface area (Å²) in [6.07, 6.45) is 0. The number of hydrogen-bond donors (Lipinski definition) is 0. The lowest BCUT2D eigenvalue weighted by Gasteiger charge is -2.10. The third kappa shape index (κ3) is 4.02. The van der Waals surface area contributed by atoms with Crippen LogP contribution in [-0.2, 0) is 0 Å². The van der Waals surface area contributed by atoms with Crippen molar-refractivity contribution in [1.82, 2.24) is 18.8 Å². The molecular weight excluding hydrogens is 681 g/mol. The van der Waals surface area contributed by atoms with Crippen LogP contribution in [0.15, 0.2) is 182 Å². The van der Waals surface area contributed by atoms with Crippen molar-refractivity contribution in [1.29, 1.82) is 0 Å². The standard InChI is InChI=1S/C52H30N4/c1-3-13-31(14-4-1)44-30-45(54-52(53-44)32-15-5-2-6-16-32)35-28-42-38-19-9-12-22-48(38)56-49-24-23-33(25-39(49)43(29-35)51(42)56)34-26-40-36-17-7-10-20-46(36)55-47-21-11-8-18-37(47)41(27-34)50(40)55/h1-30H. The molecule has 0 saturated carbocycles. The number of rotatable bonds is 4. The van der Waals surface area contributed by atoms with Gasteiger partial charge in [-0.2, -0.15) is 0 Å². The summed E-state index contributed by atoms with van der Waals surface area (Å²) < 4.78 is 4.91. The summed E-state index contributed by atoms with van der Waals surface area (Å²) >= 11 is 0. The molecule has 0 aliphatic rings. The van der Waals surface area contributed by atoms with E-state index in [4.69, 9.17) is 9.97 Å². The van der Waals surface area contributed by atoms with Gasteiger partial charge in [0.25, 0.3) is 0 Å². The highest BCUT2D eigenvalue weighted by Gasteiger charge is 2.22. The Labute approximate surface area is 320 Å². The van der Waals surface area contributed by atoms with Crippen LogP contribution in [0.3, 0.4) is 0 Å². The van der Waals surface area contributed by atoms with Gasteiger partial charge in [-0.3, -0.25) is 0 Å². The number of hydrogen-bond acceptors (Lipinski definition) is 2. The van der Waals surface area contributed by atoms with Crippen molar-refractivity contribution < 1.29 is 0 Å². The minimum absolute atomic E-state index is 0.718. The lowest BCUT2D eigenvalue weighted by Crippen LogP contribution is -1.95. The molecule has 0 saturated heterocycles. The molecule has 0 aliphatic carbocycles. The highest BCUT2D eigenvalue weighted by Crippen LogP contribution is 2.45. The van der Waals surface area contributed by atoms with Crippen LogP contribution < -0.4 is 0 Å². The molecule has 0 bridgehead atoms. The van der Waals surface area contributed by atoms with Gasteiger partial charge in [-0.05, 0) is 71.8 Å². The van der Waals surface area contributed by atoms with Gasteiger partial charge in [0.1, 0.15) is 0 Å². The Bertz CT molecular complexity index is 3550. The van der Waals surface area contributed by atoms with Gasteiger partial charge in [0.2, 0.25) is 0 Å². The molecule has 5 aromatic heterocycles. The molecule has 13 aromatic rings. The van der Waals surface area contributed by atoms with E-state index in [1.54, 1.807) is 0 Å². The fraction of sp³-hybridized carbons (Fsp3) is 0. The summed E-state index contributed by atoms with van der Waals surface area (Å²) in [5.41, 5.74) is 14.8. The van der Waals surface area contributed by atoms with Crippen molar-refractivity contribution in [3.63, 3.8) is 0 Å². The molecule has 0 atom stereocenters. The lowest BCUT2D eigenvalue weighted by atomic mass is 9.97. The summed E-state index contributed by atoms with van der Waals surface area (Å²) in [6, 6.07) is 65.8. The first-order valence-electron chi connectivity index (χ1n) is 19.2. The number of para-hydroxylation sites is 3. The van der Waals surface area contributed by atoms with Crippen LogP contribution in [-0.4, -0.2) is 18.8 Å². The highest BCUT2D eigenvalue weighted by atomic mass is 14.9. The fourth-order valence-electron chi connectivity index (χ4n) is 9.51. The van der Waals surface area contributed by atoms with Crippen molar-refractivity contribution in [2.75, 3.05) is 0 Å². The fourth-order valence-corrected chi connectivity index (χ4v) is 9.51. The van der Waals surface area contributed by atoms with Crippen molar-refractivity contribution in [3.8, 4) is 45.0 Å². The van der Waals surface area contributed by atoms with Gasteiger partial charge in [-0.1, -0.05) is 121 Å². The van der Waals surface area contributed by atoms with Crippen LogP contribution in [0, 0.1) is 0 Å². The summed E-state index contributed by atoms with van der Waals surface area (Å²) in [5, 5.41) is 10.1. The van der Waals surface area contributed by atoms with Gasteiger partial charge in [0.05, 0.1) is 44.5 Å². The molecule has 5 heterocycles. The van der Waals surface area contributed by atoms with Gasteiger partial charge >= 0.3 is 0 Å². The molecular formula is C52H30N4. The zero-order valence-corrected chi connectivity index (χ0v) is 30.1. The topological polar surface area (TPSA) is 34.6 Å². The zero-order chi connectivity index (χ0) is 36.5. The van der Waals surface area contributed by atoms with Crippen LogP contribution in [0.4, 0.5) is 0 Å². The van der Waals surface area contributed by atoms with Gasteiger partial charge in [-0.25, -0.2) is 9.97 Å². The largest absolute Gasteiger partial charge is 0.308 e. The number of aromatic nitrogens is 4. The molecule has 4 nitrogen and oxygen atoms in total. The van der Waals surface area contributed by atoms with Gasteiger partial charge in [0, 0.05) is 59.8 Å². The third-order valence-electron chi connectivity index (χ3n) is 12.0. The summed E-state index contributed by atoms with van der Waals surface area (Å²) in [4.78, 5) is 10.3. The van der Waals surface area contributed by atoms with Gasteiger partial charge in [0.15, 0.2) is 5.82 Å². The first-order valence-corrected chi connectivity index (χ1v) is 19.2. The SMILES string of the molecule is c1ccc(-c2cc(-c3cc4c5ccccc5n5c6ccc(-c7cc8c9ccccc9n9c%10ccccc%10c(c7)c89)cc6c(c3)c45)nc(-c3ccccc3)n2)cc1. The van der Waals surface area contributed by atoms with Crippen LogP contribution in [0.5, 0.6) is 0 Å². The van der Waals surface area contributed by atoms with Crippen LogP contribution in [0.2, 0.25) is 0 Å². The molecule has 0 radical (unpaired) electrons. The average molecular weight is 711 g/mol. The Morgan fingerprint density at radius 3 is 1.23 bits per heavy atom. The van der Waals surface area contributed by atoms with E-state index in [0.29, 0.717) is 0 Å². The molecule has 4 heteroatoms. The van der Waals surface area contributed by atoms with Gasteiger partial charge < -0.3 is 8.80 Å². The quantitative estimate of drug-likeness (QED) is 0.182. The van der Waals surface area contributed by atoms with E-state index >= 15 is 0 Å². The third-order valence-corrected chi connectivity index (χ3v) is 12.0. The van der Waals surface area contributed by atoms with E-state index in [9.17, 15) is 0 Å². The predicted octanol–water partition coefficient (Wildman–Crippen LogP) is 13.4. The van der Waals surface area contributed by atoms with E-state index in [1.807, 2.05) is 24.3 Å². The molecule has 0 aliphatic heterocycles. The Morgan fingerprint density at radius 1 is 0.268 bits per heavy atom. The number of nitrogens with zero attached hydrogens (tertiary/aromatic N) is 4. The second-order valence-electron chi connectivity index (χ2n) is 15.0. The molecule has 0 amide bonds. The predicted molar refractivity (Wildman–Crippen MR) is 233 cm³/mol. The van der Waals surface area contributed by atoms with E-state index in [1.165, 1.54) is 87.3 Å². The maximum atomic E-state index is 5.26. The highest BCUT2D eigenvalue weighted by molar-refractivity contribution is 6.26. The maximum absolute atomic E-state index is 5.26. The summed E-state index contributed by atoms with van der Waals surface area (Å²) in [7, 11) is 0. The maximum Gasteiger partial charge on any atom is 0.160 e. The Balaban J connectivity index is 1.09. The zero-order valence-electron chi connectivity index (χ0n) is 30.1. The Morgan fingerprint density at radius 2 is 0.679 bits per heavy atom. The molecule has 56 heavy (non-hydrogen) atoms. The van der Waals surface area contributed by atoms with Crippen LogP contribution in [0.25, 0.3) is 121 Å². The molecule has 0 spiro atoms. The van der Waals surface area contributed by atoms with E-state index < -0.39 is 0 Å². The van der Waals surface area contributed by atoms with Gasteiger partial charge in [-0.15, -0.1) is 0 Å². The summed E-state index contributed by atoms with van der Waals surface area (Å²) in [5.74, 6) is 0.718. The summed E-state index contributed by atoms with van der Waals surface area (Å²) in [6.45, 7) is 0. The van der Waals surface area contributed by atoms with E-state index in [0.717, 1.165) is 33.9 Å². The normalized spacial score (nSPS) is 12.3. The van der Waals surface area contributed by atoms with E-state index in [-0.39, 0.29) is 0 Å². The lowest BCUT2D eigenvalue weighted by molar-refractivity contribution is 1.18. The molecule has 258 valence electrons. The molecule has 8 aromatic carbocycles. The smallest absolute Gasteiger partial charge is 0.160 e. The second kappa shape index (κ2) is 11.0. The van der Waals surface area contributed by atoms with Crippen LogP contribution in [0.1, 0.15) is 0 Å². The van der Waals surface area contributed by atoms with E-state index in [2.05, 4.69) is 167 Å². The molecule has 13 rings (SSSR count).